The second-order valence-corrected chi connectivity index (χ2v) is 8.29. The van der Waals surface area contributed by atoms with E-state index in [2.05, 4.69) is 38.9 Å². The van der Waals surface area contributed by atoms with Gasteiger partial charge >= 0.3 is 0 Å². The Labute approximate surface area is 169 Å². The molecule has 144 valence electrons. The van der Waals surface area contributed by atoms with E-state index < -0.39 is 0 Å². The number of nitrogens with zero attached hydrogens (tertiary/aromatic N) is 6. The van der Waals surface area contributed by atoms with E-state index >= 15 is 0 Å². The molecule has 0 unspecified atom stereocenters. The van der Waals surface area contributed by atoms with Crippen molar-refractivity contribution in [2.75, 3.05) is 0 Å². The molecule has 0 aliphatic heterocycles. The van der Waals surface area contributed by atoms with Crippen LogP contribution in [-0.2, 0) is 6.54 Å². The van der Waals surface area contributed by atoms with E-state index in [4.69, 9.17) is 0 Å². The lowest BCUT2D eigenvalue weighted by Crippen LogP contribution is -2.19. The Morgan fingerprint density at radius 3 is 2.83 bits per heavy atom. The van der Waals surface area contributed by atoms with Crippen LogP contribution in [0.5, 0.6) is 0 Å². The van der Waals surface area contributed by atoms with E-state index in [0.29, 0.717) is 11.1 Å². The van der Waals surface area contributed by atoms with Crippen molar-refractivity contribution in [1.82, 2.24) is 24.1 Å². The summed E-state index contributed by atoms with van der Waals surface area (Å²) in [6.45, 7) is 3.30. The predicted octanol–water partition coefficient (Wildman–Crippen LogP) is 4.71. The number of imidazole rings is 1. The lowest BCUT2D eigenvalue weighted by atomic mass is 9.89. The standard InChI is InChI=1S/C23H22N6/c1-23(7-2-3-8-23)15-29-14-18(12-26-29)21-5-4-19(11-24)27-22(21)17-6-9-28-16-25-13-20(28)10-17/h4-6,9-10,12-14,16H,2-3,7-8,15H2,1H3. The average molecular weight is 382 g/mol. The molecular formula is C23H22N6. The van der Waals surface area contributed by atoms with Crippen molar-refractivity contribution in [3.05, 3.63) is 61.1 Å². The molecule has 29 heavy (non-hydrogen) atoms. The Balaban J connectivity index is 1.56. The highest BCUT2D eigenvalue weighted by atomic mass is 15.3. The van der Waals surface area contributed by atoms with Crippen LogP contribution < -0.4 is 0 Å². The van der Waals surface area contributed by atoms with Gasteiger partial charge in [-0.05, 0) is 42.5 Å². The van der Waals surface area contributed by atoms with E-state index in [9.17, 15) is 5.26 Å². The second kappa shape index (κ2) is 6.85. The van der Waals surface area contributed by atoms with Gasteiger partial charge in [0.25, 0.3) is 0 Å². The van der Waals surface area contributed by atoms with Crippen LogP contribution in [0.15, 0.2) is 55.4 Å². The molecule has 1 aliphatic rings. The SMILES string of the molecule is CC1(Cn2cc(-c3ccc(C#N)nc3-c3ccn4cncc4c3)cn2)CCCC1. The van der Waals surface area contributed by atoms with Gasteiger partial charge in [0.1, 0.15) is 11.8 Å². The largest absolute Gasteiger partial charge is 0.306 e. The van der Waals surface area contributed by atoms with Gasteiger partial charge in [-0.1, -0.05) is 19.8 Å². The second-order valence-electron chi connectivity index (χ2n) is 8.29. The van der Waals surface area contributed by atoms with Gasteiger partial charge in [-0.15, -0.1) is 0 Å². The van der Waals surface area contributed by atoms with Crippen LogP contribution in [0.25, 0.3) is 27.9 Å². The van der Waals surface area contributed by atoms with Crippen LogP contribution in [0, 0.1) is 16.7 Å². The third-order valence-electron chi connectivity index (χ3n) is 6.00. The fraction of sp³-hybridized carbons (Fsp3) is 0.304. The minimum Gasteiger partial charge on any atom is -0.306 e. The molecule has 0 aromatic carbocycles. The van der Waals surface area contributed by atoms with Crippen molar-refractivity contribution in [3.8, 4) is 28.5 Å². The lowest BCUT2D eigenvalue weighted by Gasteiger charge is -2.22. The summed E-state index contributed by atoms with van der Waals surface area (Å²) in [5, 5.41) is 14.0. The van der Waals surface area contributed by atoms with E-state index in [-0.39, 0.29) is 0 Å². The third kappa shape index (κ3) is 3.29. The highest BCUT2D eigenvalue weighted by Gasteiger charge is 2.29. The normalized spacial score (nSPS) is 15.6. The summed E-state index contributed by atoms with van der Waals surface area (Å²) in [7, 11) is 0. The van der Waals surface area contributed by atoms with E-state index in [1.165, 1.54) is 25.7 Å². The van der Waals surface area contributed by atoms with Crippen LogP contribution in [-0.4, -0.2) is 24.1 Å². The number of aromatic nitrogens is 5. The van der Waals surface area contributed by atoms with Crippen LogP contribution in [0.1, 0.15) is 38.3 Å². The predicted molar refractivity (Wildman–Crippen MR) is 111 cm³/mol. The van der Waals surface area contributed by atoms with Gasteiger partial charge in [0, 0.05) is 35.6 Å². The fourth-order valence-corrected chi connectivity index (χ4v) is 4.41. The molecule has 4 heterocycles. The van der Waals surface area contributed by atoms with Crippen molar-refractivity contribution in [2.24, 2.45) is 5.41 Å². The summed E-state index contributed by atoms with van der Waals surface area (Å²) in [6.07, 6.45) is 14.7. The first-order chi connectivity index (χ1) is 14.1. The Kier molecular flexibility index (Phi) is 4.17. The Bertz CT molecular complexity index is 1220. The van der Waals surface area contributed by atoms with Gasteiger partial charge in [-0.25, -0.2) is 9.97 Å². The highest BCUT2D eigenvalue weighted by molar-refractivity contribution is 5.82. The molecule has 0 N–H and O–H groups in total. The molecule has 1 saturated carbocycles. The molecule has 1 fully saturated rings. The van der Waals surface area contributed by atoms with Crippen molar-refractivity contribution < 1.29 is 0 Å². The summed E-state index contributed by atoms with van der Waals surface area (Å²) >= 11 is 0. The molecule has 0 radical (unpaired) electrons. The lowest BCUT2D eigenvalue weighted by molar-refractivity contribution is 0.268. The number of nitriles is 1. The smallest absolute Gasteiger partial charge is 0.141 e. The minimum absolute atomic E-state index is 0.335. The average Bonchev–Trinajstić information content (AvgIpc) is 3.48. The van der Waals surface area contributed by atoms with Crippen LogP contribution in [0.3, 0.4) is 0 Å². The zero-order valence-corrected chi connectivity index (χ0v) is 16.4. The molecule has 5 rings (SSSR count). The van der Waals surface area contributed by atoms with Crippen molar-refractivity contribution in [1.29, 1.82) is 5.26 Å². The van der Waals surface area contributed by atoms with Gasteiger partial charge in [0.2, 0.25) is 0 Å². The molecule has 6 heteroatoms. The quantitative estimate of drug-likeness (QED) is 0.512. The van der Waals surface area contributed by atoms with Gasteiger partial charge in [0.15, 0.2) is 0 Å². The van der Waals surface area contributed by atoms with Crippen molar-refractivity contribution in [2.45, 2.75) is 39.2 Å². The maximum absolute atomic E-state index is 9.36. The van der Waals surface area contributed by atoms with Gasteiger partial charge in [0.05, 0.1) is 29.9 Å². The van der Waals surface area contributed by atoms with Crippen LogP contribution in [0.4, 0.5) is 0 Å². The first-order valence-electron chi connectivity index (χ1n) is 10.00. The zero-order valence-electron chi connectivity index (χ0n) is 16.4. The van der Waals surface area contributed by atoms with Crippen LogP contribution >= 0.6 is 0 Å². The Morgan fingerprint density at radius 1 is 1.14 bits per heavy atom. The molecule has 0 saturated heterocycles. The number of fused-ring (bicyclic) bond motifs is 1. The Morgan fingerprint density at radius 2 is 2.00 bits per heavy atom. The maximum Gasteiger partial charge on any atom is 0.141 e. The van der Waals surface area contributed by atoms with E-state index in [0.717, 1.165) is 34.4 Å². The molecule has 0 amide bonds. The molecular weight excluding hydrogens is 360 g/mol. The van der Waals surface area contributed by atoms with E-state index in [1.54, 1.807) is 12.4 Å². The summed E-state index contributed by atoms with van der Waals surface area (Å²) < 4.78 is 4.01. The number of pyridine rings is 2. The van der Waals surface area contributed by atoms with Crippen molar-refractivity contribution in [3.63, 3.8) is 0 Å². The van der Waals surface area contributed by atoms with Gasteiger partial charge < -0.3 is 4.40 Å². The third-order valence-corrected chi connectivity index (χ3v) is 6.00. The summed E-state index contributed by atoms with van der Waals surface area (Å²) in [5.74, 6) is 0. The topological polar surface area (TPSA) is 71.8 Å². The number of rotatable bonds is 4. The molecule has 1 aliphatic carbocycles. The van der Waals surface area contributed by atoms with Gasteiger partial charge in [-0.2, -0.15) is 10.4 Å². The zero-order chi connectivity index (χ0) is 19.8. The molecule has 4 aromatic rings. The summed E-state index contributed by atoms with van der Waals surface area (Å²) in [6, 6.07) is 9.95. The maximum atomic E-state index is 9.36. The monoisotopic (exact) mass is 382 g/mol. The fourth-order valence-electron chi connectivity index (χ4n) is 4.41. The van der Waals surface area contributed by atoms with Gasteiger partial charge in [-0.3, -0.25) is 4.68 Å². The molecule has 6 nitrogen and oxygen atoms in total. The molecule has 4 aromatic heterocycles. The van der Waals surface area contributed by atoms with Crippen molar-refractivity contribution >= 4 is 5.52 Å². The van der Waals surface area contributed by atoms with Crippen LogP contribution in [0.2, 0.25) is 0 Å². The first-order valence-corrected chi connectivity index (χ1v) is 10.00. The molecule has 0 spiro atoms. The Hall–Kier alpha value is -3.46. The summed E-state index contributed by atoms with van der Waals surface area (Å²) in [4.78, 5) is 8.81. The number of hydrogen-bond donors (Lipinski definition) is 0. The first kappa shape index (κ1) is 17.6. The molecule has 0 atom stereocenters. The molecule has 0 bridgehead atoms. The minimum atomic E-state index is 0.335. The number of hydrogen-bond acceptors (Lipinski definition) is 4. The highest BCUT2D eigenvalue weighted by Crippen LogP contribution is 2.39. The van der Waals surface area contributed by atoms with E-state index in [1.807, 2.05) is 41.2 Å². The summed E-state index contributed by atoms with van der Waals surface area (Å²) in [5.41, 5.74) is 5.48.